The highest BCUT2D eigenvalue weighted by Gasteiger charge is 2.62. The Bertz CT molecular complexity index is 219. The van der Waals surface area contributed by atoms with Gasteiger partial charge in [0.25, 0.3) is 0 Å². The molecule has 0 aliphatic heterocycles. The number of halogens is 2. The maximum Gasteiger partial charge on any atom is 0.0884 e. The van der Waals surface area contributed by atoms with Crippen molar-refractivity contribution in [1.82, 2.24) is 0 Å². The van der Waals surface area contributed by atoms with Crippen LogP contribution in [0.25, 0.3) is 0 Å². The minimum atomic E-state index is -0.338. The van der Waals surface area contributed by atoms with Crippen LogP contribution in [0.4, 0.5) is 0 Å². The van der Waals surface area contributed by atoms with Crippen molar-refractivity contribution in [2.45, 2.75) is 47.4 Å². The maximum atomic E-state index is 10.2. The van der Waals surface area contributed by atoms with Gasteiger partial charge in [-0.25, -0.2) is 0 Å². The van der Waals surface area contributed by atoms with E-state index in [0.717, 1.165) is 37.5 Å². The molecule has 4 fully saturated rings. The second-order valence-corrected chi connectivity index (χ2v) is 7.59. The van der Waals surface area contributed by atoms with Gasteiger partial charge in [-0.1, -0.05) is 15.9 Å². The first-order valence-corrected chi connectivity index (χ1v) is 6.25. The van der Waals surface area contributed by atoms with Crippen molar-refractivity contribution in [2.24, 2.45) is 11.8 Å². The molecule has 0 spiro atoms. The van der Waals surface area contributed by atoms with Gasteiger partial charge in [-0.2, -0.15) is 0 Å². The van der Waals surface area contributed by atoms with Gasteiger partial charge in [0.05, 0.1) is 15.3 Å². The molecule has 0 aromatic rings. The van der Waals surface area contributed by atoms with E-state index in [1.165, 1.54) is 6.42 Å². The van der Waals surface area contributed by atoms with Crippen molar-refractivity contribution in [1.29, 1.82) is 0 Å². The molecule has 0 heterocycles. The summed E-state index contributed by atoms with van der Waals surface area (Å²) in [6.45, 7) is 0. The Morgan fingerprint density at radius 1 is 1.15 bits per heavy atom. The Morgan fingerprint density at radius 3 is 2.15 bits per heavy atom. The summed E-state index contributed by atoms with van der Waals surface area (Å²) in [4.78, 5) is -0.298. The van der Waals surface area contributed by atoms with Gasteiger partial charge in [0.1, 0.15) is 0 Å². The molecule has 0 aromatic carbocycles. The highest BCUT2D eigenvalue weighted by Crippen LogP contribution is 2.62. The van der Waals surface area contributed by atoms with Crippen molar-refractivity contribution in [3.05, 3.63) is 0 Å². The molecule has 4 rings (SSSR count). The second-order valence-electron chi connectivity index (χ2n) is 5.26. The summed E-state index contributed by atoms with van der Waals surface area (Å²) < 4.78 is -0.0428. The third kappa shape index (κ3) is 1.09. The average molecular weight is 266 g/mol. The molecule has 4 aliphatic carbocycles. The van der Waals surface area contributed by atoms with Crippen LogP contribution in [0.15, 0.2) is 0 Å². The fourth-order valence-electron chi connectivity index (χ4n) is 3.95. The Kier molecular flexibility index (Phi) is 1.70. The number of hydrogen-bond acceptors (Lipinski definition) is 1. The molecule has 0 saturated heterocycles. The summed E-state index contributed by atoms with van der Waals surface area (Å²) in [5, 5.41) is 10.2. The van der Waals surface area contributed by atoms with Crippen LogP contribution in [-0.2, 0) is 0 Å². The van der Waals surface area contributed by atoms with Gasteiger partial charge in [-0.15, -0.1) is 11.6 Å². The lowest BCUT2D eigenvalue weighted by Gasteiger charge is -2.60. The van der Waals surface area contributed by atoms with Gasteiger partial charge in [0.15, 0.2) is 0 Å². The number of hydrogen-bond donors (Lipinski definition) is 1. The lowest BCUT2D eigenvalue weighted by molar-refractivity contribution is -0.0562. The van der Waals surface area contributed by atoms with E-state index in [1.807, 2.05) is 0 Å². The predicted octanol–water partition coefficient (Wildman–Crippen LogP) is 2.68. The highest BCUT2D eigenvalue weighted by atomic mass is 79.9. The largest absolute Gasteiger partial charge is 0.390 e. The molecule has 4 aliphatic rings. The molecule has 3 atom stereocenters. The zero-order chi connectivity index (χ0) is 9.27. The van der Waals surface area contributed by atoms with E-state index in [2.05, 4.69) is 15.9 Å². The lowest BCUT2D eigenvalue weighted by atomic mass is 9.54. The van der Waals surface area contributed by atoms with E-state index in [1.54, 1.807) is 0 Å². The minimum absolute atomic E-state index is 0.0428. The predicted molar refractivity (Wildman–Crippen MR) is 56.3 cm³/mol. The molecule has 0 amide bonds. The minimum Gasteiger partial charge on any atom is -0.390 e. The van der Waals surface area contributed by atoms with Crippen LogP contribution in [0.2, 0.25) is 0 Å². The van der Waals surface area contributed by atoms with Crippen LogP contribution in [0.3, 0.4) is 0 Å². The Hall–Kier alpha value is 0.730. The normalized spacial score (nSPS) is 64.4. The molecule has 74 valence electrons. The average Bonchev–Trinajstić information content (AvgIpc) is 1.97. The fourth-order valence-corrected chi connectivity index (χ4v) is 6.08. The first-order chi connectivity index (χ1) is 6.02. The standard InChI is InChI=1S/C10H14BrClO/c11-9-2-6-1-7(3-9)5-10(12,4-6)8(9)13/h6-8,13H,1-5H2. The first kappa shape index (κ1) is 8.99. The van der Waals surface area contributed by atoms with Gasteiger partial charge in [-0.3, -0.25) is 0 Å². The van der Waals surface area contributed by atoms with Crippen molar-refractivity contribution in [3.63, 3.8) is 0 Å². The molecule has 3 heteroatoms. The van der Waals surface area contributed by atoms with Gasteiger partial charge in [0, 0.05) is 0 Å². The maximum absolute atomic E-state index is 10.2. The lowest BCUT2D eigenvalue weighted by Crippen LogP contribution is -2.64. The van der Waals surface area contributed by atoms with Gasteiger partial charge in [-0.05, 0) is 43.9 Å². The molecular weight excluding hydrogens is 251 g/mol. The zero-order valence-corrected chi connectivity index (χ0v) is 9.81. The van der Waals surface area contributed by atoms with Crippen molar-refractivity contribution >= 4 is 27.5 Å². The van der Waals surface area contributed by atoms with E-state index in [-0.39, 0.29) is 15.3 Å². The third-order valence-corrected chi connectivity index (χ3v) is 5.76. The van der Waals surface area contributed by atoms with E-state index in [4.69, 9.17) is 11.6 Å². The van der Waals surface area contributed by atoms with Gasteiger partial charge < -0.3 is 5.11 Å². The molecule has 3 unspecified atom stereocenters. The summed E-state index contributed by atoms with van der Waals surface area (Å²) in [7, 11) is 0. The quantitative estimate of drug-likeness (QED) is 0.668. The molecule has 1 N–H and O–H groups in total. The third-order valence-electron chi connectivity index (χ3n) is 4.16. The van der Waals surface area contributed by atoms with Crippen molar-refractivity contribution in [2.75, 3.05) is 0 Å². The van der Waals surface area contributed by atoms with E-state index in [0.29, 0.717) is 0 Å². The summed E-state index contributed by atoms with van der Waals surface area (Å²) in [5.74, 6) is 1.51. The SMILES string of the molecule is OC1C2(Cl)CC3CC(C2)CC1(Br)C3. The number of aliphatic hydroxyl groups is 1. The zero-order valence-electron chi connectivity index (χ0n) is 7.47. The first-order valence-electron chi connectivity index (χ1n) is 5.08. The monoisotopic (exact) mass is 264 g/mol. The van der Waals surface area contributed by atoms with Crippen LogP contribution in [-0.4, -0.2) is 20.4 Å². The molecule has 13 heavy (non-hydrogen) atoms. The van der Waals surface area contributed by atoms with E-state index >= 15 is 0 Å². The van der Waals surface area contributed by atoms with E-state index in [9.17, 15) is 5.11 Å². The molecule has 0 radical (unpaired) electrons. The Balaban J connectivity index is 2.03. The summed E-state index contributed by atoms with van der Waals surface area (Å²) in [6, 6.07) is 0. The molecule has 4 saturated carbocycles. The molecule has 0 aromatic heterocycles. The topological polar surface area (TPSA) is 20.2 Å². The summed E-state index contributed by atoms with van der Waals surface area (Å²) in [6.07, 6.45) is 5.31. The van der Waals surface area contributed by atoms with Crippen LogP contribution in [0, 0.1) is 11.8 Å². The summed E-state index contributed by atoms with van der Waals surface area (Å²) in [5.41, 5.74) is 0. The van der Waals surface area contributed by atoms with Crippen LogP contribution in [0.1, 0.15) is 32.1 Å². The van der Waals surface area contributed by atoms with E-state index < -0.39 is 0 Å². The highest BCUT2D eigenvalue weighted by molar-refractivity contribution is 9.10. The smallest absolute Gasteiger partial charge is 0.0884 e. The number of alkyl halides is 2. The molecular formula is C10H14BrClO. The second kappa shape index (κ2) is 2.45. The van der Waals surface area contributed by atoms with Crippen LogP contribution < -0.4 is 0 Å². The molecule has 4 bridgehead atoms. The fraction of sp³-hybridized carbons (Fsp3) is 1.00. The van der Waals surface area contributed by atoms with Crippen LogP contribution in [0.5, 0.6) is 0 Å². The Labute approximate surface area is 92.0 Å². The number of aliphatic hydroxyl groups excluding tert-OH is 1. The number of rotatable bonds is 0. The Morgan fingerprint density at radius 2 is 1.69 bits per heavy atom. The van der Waals surface area contributed by atoms with Crippen molar-refractivity contribution < 1.29 is 5.11 Å². The van der Waals surface area contributed by atoms with Crippen molar-refractivity contribution in [3.8, 4) is 0 Å². The van der Waals surface area contributed by atoms with Gasteiger partial charge in [0.2, 0.25) is 0 Å². The molecule has 1 nitrogen and oxygen atoms in total. The van der Waals surface area contributed by atoms with Gasteiger partial charge >= 0.3 is 0 Å². The van der Waals surface area contributed by atoms with Crippen LogP contribution >= 0.6 is 27.5 Å². The summed E-state index contributed by atoms with van der Waals surface area (Å²) >= 11 is 10.2.